The van der Waals surface area contributed by atoms with Gasteiger partial charge >= 0.3 is 23.7 Å². The molecule has 0 amide bonds. The molecule has 192 valence electrons. The maximum Gasteiger partial charge on any atom is 0.381 e. The van der Waals surface area contributed by atoms with Gasteiger partial charge in [-0.05, 0) is 27.7 Å². The van der Waals surface area contributed by atoms with Crippen molar-refractivity contribution >= 4 is 0 Å². The summed E-state index contributed by atoms with van der Waals surface area (Å²) >= 11 is 0. The molecule has 0 saturated carbocycles. The SMILES string of the molecule is CC(F)C(F)(F)C(F)(F)C(F)(F)C(F)(F)C(F)(F)[C-](F)F.CCO.CCO.CCO.[Zr]. The molecule has 0 rings (SSSR count). The molecular formula is C14H22F13O3Zr-. The van der Waals surface area contributed by atoms with Crippen molar-refractivity contribution in [2.24, 2.45) is 0 Å². The van der Waals surface area contributed by atoms with Crippen LogP contribution in [0.5, 0.6) is 0 Å². The maximum atomic E-state index is 12.7. The van der Waals surface area contributed by atoms with Crippen LogP contribution in [0.2, 0.25) is 0 Å². The minimum absolute atomic E-state index is 0. The van der Waals surface area contributed by atoms with E-state index in [0.29, 0.717) is 0 Å². The van der Waals surface area contributed by atoms with E-state index < -0.39 is 49.1 Å². The monoisotopic (exact) mass is 575 g/mol. The van der Waals surface area contributed by atoms with Gasteiger partial charge in [-0.3, -0.25) is 0 Å². The molecule has 0 aromatic carbocycles. The van der Waals surface area contributed by atoms with E-state index in [1.165, 1.54) is 0 Å². The predicted molar refractivity (Wildman–Crippen MR) is 79.0 cm³/mol. The molecule has 0 fully saturated rings. The third kappa shape index (κ3) is 10.1. The van der Waals surface area contributed by atoms with Gasteiger partial charge in [0.2, 0.25) is 0 Å². The van der Waals surface area contributed by atoms with Gasteiger partial charge in [0.25, 0.3) is 5.92 Å². The number of aliphatic hydroxyl groups is 3. The number of alkyl halides is 11. The third-order valence-corrected chi connectivity index (χ3v) is 2.34. The normalized spacial score (nSPS) is 13.5. The Bertz CT molecular complexity index is 397. The first kappa shape index (κ1) is 41.1. The van der Waals surface area contributed by atoms with Gasteiger partial charge in [0, 0.05) is 46.0 Å². The minimum Gasteiger partial charge on any atom is -0.415 e. The summed E-state index contributed by atoms with van der Waals surface area (Å²) in [6, 6.07) is 0. The van der Waals surface area contributed by atoms with Crippen LogP contribution in [0, 0.1) is 6.43 Å². The first-order valence-electron chi connectivity index (χ1n) is 7.67. The van der Waals surface area contributed by atoms with E-state index >= 15 is 0 Å². The van der Waals surface area contributed by atoms with Crippen LogP contribution in [0.15, 0.2) is 0 Å². The maximum absolute atomic E-state index is 12.7. The van der Waals surface area contributed by atoms with Crippen LogP contribution in [0.4, 0.5) is 57.1 Å². The van der Waals surface area contributed by atoms with Crippen LogP contribution >= 0.6 is 0 Å². The molecule has 0 spiro atoms. The fourth-order valence-corrected chi connectivity index (χ4v) is 0.972. The van der Waals surface area contributed by atoms with Crippen molar-refractivity contribution in [3.63, 3.8) is 0 Å². The van der Waals surface area contributed by atoms with Gasteiger partial charge in [-0.25, -0.2) is 13.2 Å². The smallest absolute Gasteiger partial charge is 0.381 e. The van der Waals surface area contributed by atoms with Crippen LogP contribution in [0.1, 0.15) is 27.7 Å². The first-order chi connectivity index (χ1) is 13.1. The Labute approximate surface area is 188 Å². The zero-order chi connectivity index (χ0) is 25.8. The molecule has 17 heteroatoms. The molecule has 0 aliphatic rings. The fraction of sp³-hybridized carbons (Fsp3) is 0.929. The van der Waals surface area contributed by atoms with Gasteiger partial charge in [0.1, 0.15) is 0 Å². The molecule has 0 radical (unpaired) electrons. The molecule has 0 saturated heterocycles. The van der Waals surface area contributed by atoms with Crippen molar-refractivity contribution in [3.8, 4) is 0 Å². The van der Waals surface area contributed by atoms with Crippen molar-refractivity contribution in [2.45, 2.75) is 63.5 Å². The summed E-state index contributed by atoms with van der Waals surface area (Å²) in [4.78, 5) is 0. The van der Waals surface area contributed by atoms with Crippen LogP contribution in [-0.2, 0) is 26.2 Å². The molecule has 0 aromatic rings. The number of hydrogen-bond donors (Lipinski definition) is 3. The largest absolute Gasteiger partial charge is 0.415 e. The van der Waals surface area contributed by atoms with Crippen LogP contribution < -0.4 is 0 Å². The number of aliphatic hydroxyl groups excluding tert-OH is 3. The Hall–Kier alpha value is -0.147. The Morgan fingerprint density at radius 3 is 1.03 bits per heavy atom. The summed E-state index contributed by atoms with van der Waals surface area (Å²) in [5.41, 5.74) is 0. The second-order valence-electron chi connectivity index (χ2n) is 4.75. The van der Waals surface area contributed by atoms with Crippen molar-refractivity contribution in [1.82, 2.24) is 0 Å². The predicted octanol–water partition coefficient (Wildman–Crippen LogP) is 4.94. The number of rotatable bonds is 6. The Kier molecular flexibility index (Phi) is 21.8. The van der Waals surface area contributed by atoms with E-state index in [0.717, 1.165) is 0 Å². The van der Waals surface area contributed by atoms with E-state index in [1.807, 2.05) is 0 Å². The molecule has 3 N–H and O–H groups in total. The Balaban J connectivity index is -0.000000192. The van der Waals surface area contributed by atoms with Gasteiger partial charge in [0.05, 0.1) is 6.43 Å². The van der Waals surface area contributed by atoms with E-state index in [9.17, 15) is 57.1 Å². The van der Waals surface area contributed by atoms with Gasteiger partial charge < -0.3 is 24.1 Å². The molecule has 0 aromatic heterocycles. The zero-order valence-corrected chi connectivity index (χ0v) is 18.9. The van der Waals surface area contributed by atoms with Gasteiger partial charge in [-0.1, -0.05) is 0 Å². The molecule has 3 nitrogen and oxygen atoms in total. The van der Waals surface area contributed by atoms with Gasteiger partial charge in [-0.2, -0.15) is 35.1 Å². The average molecular weight is 577 g/mol. The molecule has 0 aliphatic carbocycles. The molecule has 1 unspecified atom stereocenters. The van der Waals surface area contributed by atoms with Crippen LogP contribution in [0.3, 0.4) is 0 Å². The van der Waals surface area contributed by atoms with E-state index in [4.69, 9.17) is 15.3 Å². The molecule has 0 aliphatic heterocycles. The van der Waals surface area contributed by atoms with E-state index in [2.05, 4.69) is 0 Å². The summed E-state index contributed by atoms with van der Waals surface area (Å²) in [5, 5.41) is 22.7. The summed E-state index contributed by atoms with van der Waals surface area (Å²) in [6.07, 6.45) is -8.87. The molecule has 1 atom stereocenters. The molecule has 31 heavy (non-hydrogen) atoms. The quantitative estimate of drug-likeness (QED) is 0.310. The van der Waals surface area contributed by atoms with Crippen molar-refractivity contribution in [3.05, 3.63) is 6.43 Å². The van der Waals surface area contributed by atoms with Gasteiger partial charge in [0.15, 0.2) is 6.17 Å². The first-order valence-corrected chi connectivity index (χ1v) is 7.67. The summed E-state index contributed by atoms with van der Waals surface area (Å²) in [5.74, 6) is -36.3. The van der Waals surface area contributed by atoms with Crippen LogP contribution in [0.25, 0.3) is 0 Å². The van der Waals surface area contributed by atoms with Crippen molar-refractivity contribution in [1.29, 1.82) is 0 Å². The second kappa shape index (κ2) is 16.5. The summed E-state index contributed by atoms with van der Waals surface area (Å²) in [7, 11) is 0. The molecular weight excluding hydrogens is 554 g/mol. The molecule has 0 bridgehead atoms. The average Bonchev–Trinajstić information content (AvgIpc) is 2.55. The third-order valence-electron chi connectivity index (χ3n) is 2.34. The minimum atomic E-state index is -7.68. The summed E-state index contributed by atoms with van der Waals surface area (Å²) in [6.45, 7) is 5.35. The second-order valence-corrected chi connectivity index (χ2v) is 4.75. The van der Waals surface area contributed by atoms with Gasteiger partial charge in [-0.15, -0.1) is 0 Å². The Morgan fingerprint density at radius 2 is 0.871 bits per heavy atom. The molecule has 0 heterocycles. The van der Waals surface area contributed by atoms with E-state index in [-0.39, 0.29) is 46.0 Å². The Morgan fingerprint density at radius 1 is 0.645 bits per heavy atom. The number of hydrogen-bond acceptors (Lipinski definition) is 3. The topological polar surface area (TPSA) is 60.7 Å². The fourth-order valence-electron chi connectivity index (χ4n) is 0.972. The zero-order valence-electron chi connectivity index (χ0n) is 16.5. The van der Waals surface area contributed by atoms with E-state index in [1.54, 1.807) is 20.8 Å². The van der Waals surface area contributed by atoms with Crippen molar-refractivity contribution < 1.29 is 98.6 Å². The standard InChI is InChI=1S/C8H4F13.3C2H6O.Zr/c1-2(9)4(12,13)6(16,17)8(20,21)7(18,19)5(14,15)3(10)11;3*1-2-3;/h2H,1H3;3*3H,2H2,1H3;/q-1;;;;. The summed E-state index contributed by atoms with van der Waals surface area (Å²) < 4.78 is 161. The number of halogens is 13. The van der Waals surface area contributed by atoms with Crippen molar-refractivity contribution in [2.75, 3.05) is 19.8 Å². The van der Waals surface area contributed by atoms with Crippen LogP contribution in [-0.4, -0.2) is 70.9 Å².